The summed E-state index contributed by atoms with van der Waals surface area (Å²) in [6.45, 7) is 1.52. The number of methoxy groups -OCH3 is 2. The van der Waals surface area contributed by atoms with E-state index >= 15 is 0 Å². The molecule has 3 heterocycles. The van der Waals surface area contributed by atoms with Gasteiger partial charge in [-0.05, 0) is 42.8 Å². The fourth-order valence-corrected chi connectivity index (χ4v) is 4.87. The van der Waals surface area contributed by atoms with Gasteiger partial charge in [-0.25, -0.2) is 9.78 Å². The number of carbonyl (C=O) groups excluding carboxylic acids is 2. The molecule has 1 N–H and O–H groups in total. The normalized spacial score (nSPS) is 16.8. The third-order valence-electron chi connectivity index (χ3n) is 7.01. The Bertz CT molecular complexity index is 1750. The van der Waals surface area contributed by atoms with Crippen LogP contribution >= 0.6 is 0 Å². The van der Waals surface area contributed by atoms with Crippen LogP contribution in [0.3, 0.4) is 0 Å². The first-order valence-corrected chi connectivity index (χ1v) is 12.6. The smallest absolute Gasteiger partial charge is 0.325 e. The molecule has 0 radical (unpaired) electrons. The Morgan fingerprint density at radius 2 is 1.65 bits per heavy atom. The highest BCUT2D eigenvalue weighted by Gasteiger charge is 2.49. The van der Waals surface area contributed by atoms with Crippen LogP contribution in [0.4, 0.5) is 4.79 Å². The molecule has 1 saturated heterocycles. The average molecular weight is 536 g/mol. The lowest BCUT2D eigenvalue weighted by molar-refractivity contribution is -0.131. The maximum Gasteiger partial charge on any atom is 0.325 e. The molecule has 1 fully saturated rings. The molecular formula is C30H25N5O5. The zero-order chi connectivity index (χ0) is 27.9. The molecule has 200 valence electrons. The molecule has 6 rings (SSSR count). The van der Waals surface area contributed by atoms with E-state index in [1.807, 2.05) is 66.7 Å². The molecule has 1 atom stereocenters. The number of benzene rings is 3. The second-order valence-corrected chi connectivity index (χ2v) is 9.46. The maximum absolute atomic E-state index is 13.3. The topological polar surface area (TPSA) is 120 Å². The molecule has 1 aliphatic heterocycles. The minimum Gasteiger partial charge on any atom is -0.493 e. The monoisotopic (exact) mass is 535 g/mol. The summed E-state index contributed by atoms with van der Waals surface area (Å²) in [5, 5.41) is 12.0. The Labute approximate surface area is 229 Å². The molecule has 0 unspecified atom stereocenters. The van der Waals surface area contributed by atoms with E-state index in [0.717, 1.165) is 21.4 Å². The van der Waals surface area contributed by atoms with Crippen molar-refractivity contribution in [3.05, 3.63) is 90.3 Å². The Balaban J connectivity index is 1.34. The minimum atomic E-state index is -1.18. The molecular weight excluding hydrogens is 510 g/mol. The first-order chi connectivity index (χ1) is 19.4. The van der Waals surface area contributed by atoms with Gasteiger partial charge in [-0.2, -0.15) is 0 Å². The van der Waals surface area contributed by atoms with Gasteiger partial charge in [-0.15, -0.1) is 10.2 Å². The minimum absolute atomic E-state index is 0.129. The third kappa shape index (κ3) is 4.19. The van der Waals surface area contributed by atoms with Crippen LogP contribution in [0.1, 0.15) is 18.4 Å². The van der Waals surface area contributed by atoms with E-state index in [-0.39, 0.29) is 18.3 Å². The van der Waals surface area contributed by atoms with Crippen LogP contribution in [-0.4, -0.2) is 46.2 Å². The number of amides is 3. The van der Waals surface area contributed by atoms with Gasteiger partial charge >= 0.3 is 6.03 Å². The molecule has 1 aliphatic rings. The molecule has 0 spiro atoms. The second kappa shape index (κ2) is 9.81. The third-order valence-corrected chi connectivity index (χ3v) is 7.01. The van der Waals surface area contributed by atoms with E-state index < -0.39 is 17.5 Å². The van der Waals surface area contributed by atoms with Gasteiger partial charge in [0.15, 0.2) is 11.5 Å². The number of nitrogens with zero attached hydrogens (tertiary/aromatic N) is 4. The van der Waals surface area contributed by atoms with Gasteiger partial charge in [-0.1, -0.05) is 48.5 Å². The largest absolute Gasteiger partial charge is 0.493 e. The van der Waals surface area contributed by atoms with Gasteiger partial charge in [0.25, 0.3) is 5.91 Å². The van der Waals surface area contributed by atoms with Crippen molar-refractivity contribution in [1.29, 1.82) is 0 Å². The van der Waals surface area contributed by atoms with E-state index in [4.69, 9.17) is 18.9 Å². The average Bonchev–Trinajstić information content (AvgIpc) is 3.55. The summed E-state index contributed by atoms with van der Waals surface area (Å²) >= 11 is 0. The van der Waals surface area contributed by atoms with Crippen molar-refractivity contribution < 1.29 is 23.5 Å². The zero-order valence-electron chi connectivity index (χ0n) is 22.0. The quantitative estimate of drug-likeness (QED) is 0.291. The van der Waals surface area contributed by atoms with Crippen LogP contribution in [-0.2, 0) is 16.9 Å². The lowest BCUT2D eigenvalue weighted by Crippen LogP contribution is -2.40. The lowest BCUT2D eigenvalue weighted by atomic mass is 9.92. The van der Waals surface area contributed by atoms with Gasteiger partial charge in [0.2, 0.25) is 11.8 Å². The van der Waals surface area contributed by atoms with E-state index in [1.54, 1.807) is 33.3 Å². The number of urea groups is 1. The van der Waals surface area contributed by atoms with E-state index in [2.05, 4.69) is 15.5 Å². The summed E-state index contributed by atoms with van der Waals surface area (Å²) in [6, 6.07) is 23.6. The van der Waals surface area contributed by atoms with Crippen LogP contribution in [0, 0.1) is 0 Å². The molecule has 0 saturated carbocycles. The molecule has 0 aliphatic carbocycles. The van der Waals surface area contributed by atoms with Gasteiger partial charge < -0.3 is 19.2 Å². The van der Waals surface area contributed by atoms with Crippen molar-refractivity contribution in [3.63, 3.8) is 0 Å². The number of nitrogens with one attached hydrogen (secondary N) is 1. The van der Waals surface area contributed by atoms with Crippen LogP contribution in [0.25, 0.3) is 33.6 Å². The molecule has 5 aromatic rings. The molecule has 10 heteroatoms. The fourth-order valence-electron chi connectivity index (χ4n) is 4.87. The summed E-state index contributed by atoms with van der Waals surface area (Å²) in [5.74, 6) is 1.16. The number of hydrogen-bond donors (Lipinski definition) is 1. The van der Waals surface area contributed by atoms with Crippen LogP contribution in [0.15, 0.2) is 83.3 Å². The van der Waals surface area contributed by atoms with Crippen molar-refractivity contribution in [1.82, 2.24) is 25.4 Å². The van der Waals surface area contributed by atoms with E-state index in [9.17, 15) is 9.59 Å². The number of rotatable bonds is 7. The maximum atomic E-state index is 13.3. The van der Waals surface area contributed by atoms with E-state index in [0.29, 0.717) is 28.3 Å². The highest BCUT2D eigenvalue weighted by molar-refractivity contribution is 6.07. The second-order valence-electron chi connectivity index (χ2n) is 9.46. The van der Waals surface area contributed by atoms with Crippen molar-refractivity contribution in [2.45, 2.75) is 19.0 Å². The first kappa shape index (κ1) is 25.1. The Morgan fingerprint density at radius 3 is 2.42 bits per heavy atom. The number of fused-ring (bicyclic) bond motifs is 1. The van der Waals surface area contributed by atoms with Crippen LogP contribution in [0.2, 0.25) is 0 Å². The standard InChI is InChI=1S/C30H25N5O5/c1-30(19-9-5-4-6-10-19)28(36)35(29(37)32-30)17-26-33-34-27(40-26)21-16-23(31-22-12-8-7-11-20(21)22)18-13-14-24(38-2)25(15-18)39-3/h4-16H,17H2,1-3H3,(H,32,37)/t30-/m1/s1. The molecule has 40 heavy (non-hydrogen) atoms. The molecule has 0 bridgehead atoms. The summed E-state index contributed by atoms with van der Waals surface area (Å²) in [4.78, 5) is 32.0. The van der Waals surface area contributed by atoms with Gasteiger partial charge in [0, 0.05) is 10.9 Å². The van der Waals surface area contributed by atoms with Crippen LogP contribution < -0.4 is 14.8 Å². The van der Waals surface area contributed by atoms with Gasteiger partial charge in [0.1, 0.15) is 12.1 Å². The summed E-state index contributed by atoms with van der Waals surface area (Å²) < 4.78 is 16.8. The number of para-hydroxylation sites is 1. The number of carbonyl (C=O) groups is 2. The summed E-state index contributed by atoms with van der Waals surface area (Å²) in [5.41, 5.74) is 2.38. The SMILES string of the molecule is COc1ccc(-c2cc(-c3nnc(CN4C(=O)N[C@](C)(c5ccccc5)C4=O)o3)c3ccccc3n2)cc1OC. The van der Waals surface area contributed by atoms with E-state index in [1.165, 1.54) is 0 Å². The summed E-state index contributed by atoms with van der Waals surface area (Å²) in [6.07, 6.45) is 0. The van der Waals surface area contributed by atoms with Gasteiger partial charge in [0.05, 0.1) is 31.0 Å². The van der Waals surface area contributed by atoms with Crippen LogP contribution in [0.5, 0.6) is 11.5 Å². The number of aromatic nitrogens is 3. The lowest BCUT2D eigenvalue weighted by Gasteiger charge is -2.21. The Kier molecular flexibility index (Phi) is 6.14. The van der Waals surface area contributed by atoms with Crippen molar-refractivity contribution in [2.75, 3.05) is 14.2 Å². The predicted octanol–water partition coefficient (Wildman–Crippen LogP) is 4.94. The highest BCUT2D eigenvalue weighted by Crippen LogP contribution is 2.36. The number of pyridine rings is 1. The number of hydrogen-bond acceptors (Lipinski definition) is 8. The first-order valence-electron chi connectivity index (χ1n) is 12.6. The number of imide groups is 1. The summed E-state index contributed by atoms with van der Waals surface area (Å²) in [7, 11) is 3.16. The molecule has 3 amide bonds. The van der Waals surface area contributed by atoms with Crippen molar-refractivity contribution in [2.24, 2.45) is 0 Å². The van der Waals surface area contributed by atoms with Crippen molar-refractivity contribution in [3.8, 4) is 34.2 Å². The predicted molar refractivity (Wildman–Crippen MR) is 146 cm³/mol. The molecule has 10 nitrogen and oxygen atoms in total. The zero-order valence-corrected chi connectivity index (χ0v) is 22.0. The highest BCUT2D eigenvalue weighted by atomic mass is 16.5. The fraction of sp³-hybridized carbons (Fsp3) is 0.167. The molecule has 3 aromatic carbocycles. The Hall–Kier alpha value is -5.25. The molecule has 2 aromatic heterocycles. The van der Waals surface area contributed by atoms with Gasteiger partial charge in [-0.3, -0.25) is 9.69 Å². The van der Waals surface area contributed by atoms with Crippen molar-refractivity contribution >= 4 is 22.8 Å². The Morgan fingerprint density at radius 1 is 0.900 bits per heavy atom. The number of ether oxygens (including phenoxy) is 2.